The number of nitrogens with two attached hydrogens (primary N) is 1. The highest BCUT2D eigenvalue weighted by Crippen LogP contribution is 2.11. The Bertz CT molecular complexity index is 599. The van der Waals surface area contributed by atoms with Crippen LogP contribution < -0.4 is 11.1 Å². The van der Waals surface area contributed by atoms with Crippen molar-refractivity contribution in [1.29, 1.82) is 0 Å². The first-order valence-corrected chi connectivity index (χ1v) is 6.18. The van der Waals surface area contributed by atoms with Gasteiger partial charge in [-0.3, -0.25) is 24.3 Å². The number of carbonyl (C=O) groups excluding carboxylic acids is 3. The van der Waals surface area contributed by atoms with Crippen molar-refractivity contribution in [3.05, 3.63) is 29.6 Å². The third-order valence-electron chi connectivity index (χ3n) is 2.97. The summed E-state index contributed by atoms with van der Waals surface area (Å²) in [5.41, 5.74) is 6.09. The monoisotopic (exact) mass is 292 g/mol. The van der Waals surface area contributed by atoms with E-state index in [4.69, 9.17) is 18.0 Å². The average molecular weight is 292 g/mol. The highest BCUT2D eigenvalue weighted by molar-refractivity contribution is 7.80. The number of hydrogen-bond donors (Lipinski definition) is 2. The lowest BCUT2D eigenvalue weighted by atomic mass is 10.2. The zero-order chi connectivity index (χ0) is 14.9. The molecule has 1 aromatic rings. The molecular weight excluding hydrogens is 280 g/mol. The van der Waals surface area contributed by atoms with Crippen molar-refractivity contribution in [2.24, 2.45) is 5.73 Å². The van der Waals surface area contributed by atoms with Gasteiger partial charge in [0.1, 0.15) is 16.7 Å². The van der Waals surface area contributed by atoms with Crippen LogP contribution in [-0.4, -0.2) is 45.7 Å². The Morgan fingerprint density at radius 1 is 1.50 bits per heavy atom. The van der Waals surface area contributed by atoms with Gasteiger partial charge in [-0.05, 0) is 12.1 Å². The fourth-order valence-corrected chi connectivity index (χ4v) is 1.90. The molecule has 1 unspecified atom stereocenters. The van der Waals surface area contributed by atoms with E-state index in [0.717, 1.165) is 4.90 Å². The third kappa shape index (κ3) is 2.64. The van der Waals surface area contributed by atoms with E-state index in [1.807, 2.05) is 0 Å². The van der Waals surface area contributed by atoms with Crippen LogP contribution in [0.4, 0.5) is 0 Å². The largest absolute Gasteiger partial charge is 0.389 e. The number of likely N-dealkylation sites (tertiary alicyclic amines) is 1. The lowest BCUT2D eigenvalue weighted by Gasteiger charge is -2.10. The first-order valence-electron chi connectivity index (χ1n) is 5.77. The summed E-state index contributed by atoms with van der Waals surface area (Å²) in [5, 5.41) is 2.48. The van der Waals surface area contributed by atoms with Crippen molar-refractivity contribution in [2.75, 3.05) is 7.05 Å². The second-order valence-corrected chi connectivity index (χ2v) is 4.76. The van der Waals surface area contributed by atoms with Crippen LogP contribution >= 0.6 is 12.2 Å². The maximum atomic E-state index is 11.9. The van der Waals surface area contributed by atoms with Crippen LogP contribution in [0.2, 0.25) is 0 Å². The molecule has 1 fully saturated rings. The highest BCUT2D eigenvalue weighted by atomic mass is 32.1. The highest BCUT2D eigenvalue weighted by Gasteiger charge is 2.37. The number of hydrogen-bond acceptors (Lipinski definition) is 5. The predicted octanol–water partition coefficient (Wildman–Crippen LogP) is -0.797. The van der Waals surface area contributed by atoms with E-state index in [1.54, 1.807) is 6.07 Å². The third-order valence-corrected chi connectivity index (χ3v) is 3.20. The lowest BCUT2D eigenvalue weighted by molar-refractivity contribution is -0.137. The molecular formula is C12H12N4O3S. The second kappa shape index (κ2) is 5.33. The molecule has 2 heterocycles. The quantitative estimate of drug-likeness (QED) is 0.558. The van der Waals surface area contributed by atoms with E-state index in [1.165, 1.54) is 19.3 Å². The fraction of sp³-hybridized carbons (Fsp3) is 0.250. The molecule has 3 N–H and O–H groups in total. The molecule has 3 amide bonds. The molecule has 2 rings (SSSR count). The van der Waals surface area contributed by atoms with Gasteiger partial charge in [0.2, 0.25) is 5.91 Å². The van der Waals surface area contributed by atoms with Crippen molar-refractivity contribution >= 4 is 34.9 Å². The number of pyridine rings is 1. The molecule has 0 aliphatic carbocycles. The van der Waals surface area contributed by atoms with Gasteiger partial charge in [-0.2, -0.15) is 0 Å². The van der Waals surface area contributed by atoms with Crippen LogP contribution in [0.15, 0.2) is 18.3 Å². The first kappa shape index (κ1) is 14.1. The Labute approximate surface area is 120 Å². The minimum absolute atomic E-state index is 0.0357. The molecule has 1 atom stereocenters. The molecule has 0 bridgehead atoms. The van der Waals surface area contributed by atoms with E-state index in [-0.39, 0.29) is 23.0 Å². The number of likely N-dealkylation sites (N-methyl/N-ethyl adjacent to an activating group) is 1. The standard InChI is InChI=1S/C12H12N4O3S/c1-16-9(17)4-8(12(16)19)15-11(18)7-3-2-6(5-14-7)10(13)20/h2-3,5,8H,4H2,1H3,(H2,13,20)(H,15,18). The van der Waals surface area contributed by atoms with Gasteiger partial charge in [0.15, 0.2) is 0 Å². The predicted molar refractivity (Wildman–Crippen MR) is 73.8 cm³/mol. The molecule has 104 valence electrons. The fourth-order valence-electron chi connectivity index (χ4n) is 1.77. The van der Waals surface area contributed by atoms with E-state index < -0.39 is 17.9 Å². The van der Waals surface area contributed by atoms with Crippen molar-refractivity contribution in [1.82, 2.24) is 15.2 Å². The van der Waals surface area contributed by atoms with Crippen molar-refractivity contribution < 1.29 is 14.4 Å². The maximum Gasteiger partial charge on any atom is 0.270 e. The summed E-state index contributed by atoms with van der Waals surface area (Å²) in [4.78, 5) is 40.0. The molecule has 7 nitrogen and oxygen atoms in total. The number of amides is 3. The van der Waals surface area contributed by atoms with Gasteiger partial charge in [-0.25, -0.2) is 0 Å². The molecule has 1 aliphatic heterocycles. The summed E-state index contributed by atoms with van der Waals surface area (Å²) < 4.78 is 0. The number of rotatable bonds is 3. The molecule has 1 saturated heterocycles. The number of nitrogens with one attached hydrogen (secondary N) is 1. The van der Waals surface area contributed by atoms with Crippen molar-refractivity contribution in [3.8, 4) is 0 Å². The smallest absolute Gasteiger partial charge is 0.270 e. The zero-order valence-electron chi connectivity index (χ0n) is 10.6. The van der Waals surface area contributed by atoms with Gasteiger partial charge in [-0.1, -0.05) is 12.2 Å². The first-order chi connectivity index (χ1) is 9.40. The Kier molecular flexibility index (Phi) is 3.75. The summed E-state index contributed by atoms with van der Waals surface area (Å²) in [7, 11) is 1.38. The van der Waals surface area contributed by atoms with E-state index in [2.05, 4.69) is 10.3 Å². The minimum Gasteiger partial charge on any atom is -0.389 e. The van der Waals surface area contributed by atoms with Crippen LogP contribution in [-0.2, 0) is 9.59 Å². The number of aromatic nitrogens is 1. The second-order valence-electron chi connectivity index (χ2n) is 4.32. The number of carbonyl (C=O) groups is 3. The molecule has 0 radical (unpaired) electrons. The van der Waals surface area contributed by atoms with Crippen molar-refractivity contribution in [3.63, 3.8) is 0 Å². The zero-order valence-corrected chi connectivity index (χ0v) is 11.4. The van der Waals surface area contributed by atoms with Gasteiger partial charge in [0.25, 0.3) is 11.8 Å². The average Bonchev–Trinajstić information content (AvgIpc) is 2.66. The number of nitrogens with zero attached hydrogens (tertiary/aromatic N) is 2. The summed E-state index contributed by atoms with van der Waals surface area (Å²) in [6, 6.07) is 2.18. The van der Waals surface area contributed by atoms with E-state index in [9.17, 15) is 14.4 Å². The Hall–Kier alpha value is -2.35. The van der Waals surface area contributed by atoms with Gasteiger partial charge in [0.05, 0.1) is 6.42 Å². The summed E-state index contributed by atoms with van der Waals surface area (Å²) in [6.07, 6.45) is 1.34. The van der Waals surface area contributed by atoms with Gasteiger partial charge in [-0.15, -0.1) is 0 Å². The van der Waals surface area contributed by atoms with Crippen LogP contribution in [0.3, 0.4) is 0 Å². The summed E-state index contributed by atoms with van der Waals surface area (Å²) in [6.45, 7) is 0. The Morgan fingerprint density at radius 3 is 2.65 bits per heavy atom. The molecule has 1 aliphatic rings. The topological polar surface area (TPSA) is 105 Å². The van der Waals surface area contributed by atoms with Gasteiger partial charge in [0, 0.05) is 18.8 Å². The van der Waals surface area contributed by atoms with Gasteiger partial charge >= 0.3 is 0 Å². The molecule has 0 spiro atoms. The minimum atomic E-state index is -0.836. The van der Waals surface area contributed by atoms with Crippen molar-refractivity contribution in [2.45, 2.75) is 12.5 Å². The van der Waals surface area contributed by atoms with Crippen LogP contribution in [0.1, 0.15) is 22.5 Å². The Balaban J connectivity index is 2.07. The molecule has 1 aromatic heterocycles. The van der Waals surface area contributed by atoms with Crippen LogP contribution in [0.5, 0.6) is 0 Å². The number of thiocarbonyl (C=S) groups is 1. The van der Waals surface area contributed by atoms with E-state index >= 15 is 0 Å². The maximum absolute atomic E-state index is 11.9. The SMILES string of the molecule is CN1C(=O)CC(NC(=O)c2ccc(C(N)=S)cn2)C1=O. The molecule has 0 aromatic carbocycles. The normalized spacial score (nSPS) is 18.2. The summed E-state index contributed by atoms with van der Waals surface area (Å²) >= 11 is 4.78. The Morgan fingerprint density at radius 2 is 2.20 bits per heavy atom. The molecule has 0 saturated carbocycles. The van der Waals surface area contributed by atoms with Gasteiger partial charge < -0.3 is 11.1 Å². The van der Waals surface area contributed by atoms with E-state index in [0.29, 0.717) is 5.56 Å². The van der Waals surface area contributed by atoms with Crippen LogP contribution in [0.25, 0.3) is 0 Å². The van der Waals surface area contributed by atoms with Crippen LogP contribution in [0, 0.1) is 0 Å². The molecule has 8 heteroatoms. The number of imide groups is 1. The summed E-state index contributed by atoms with van der Waals surface area (Å²) in [5.74, 6) is -1.28. The lowest BCUT2D eigenvalue weighted by Crippen LogP contribution is -2.40. The molecule has 20 heavy (non-hydrogen) atoms.